The minimum Gasteiger partial charge on any atom is -0.449 e. The summed E-state index contributed by atoms with van der Waals surface area (Å²) in [5, 5.41) is 0. The molecule has 0 aliphatic heterocycles. The Labute approximate surface area is 161 Å². The molecule has 1 N–H and O–H groups in total. The first-order valence-corrected chi connectivity index (χ1v) is 10.1. The van der Waals surface area contributed by atoms with E-state index >= 15 is 0 Å². The van der Waals surface area contributed by atoms with Crippen molar-refractivity contribution in [1.82, 2.24) is 9.62 Å². The van der Waals surface area contributed by atoms with Crippen LogP contribution in [-0.2, 0) is 19.6 Å². The highest BCUT2D eigenvalue weighted by Gasteiger charge is 2.28. The zero-order chi connectivity index (χ0) is 20.8. The lowest BCUT2D eigenvalue weighted by Crippen LogP contribution is -2.47. The predicted molar refractivity (Wildman–Crippen MR) is 102 cm³/mol. The molecule has 0 aliphatic carbocycles. The molecule has 1 aromatic rings. The van der Waals surface area contributed by atoms with Gasteiger partial charge in [0, 0.05) is 12.1 Å². The van der Waals surface area contributed by atoms with Gasteiger partial charge in [-0.2, -0.15) is 4.72 Å². The molecule has 8 heteroatoms. The summed E-state index contributed by atoms with van der Waals surface area (Å²) < 4.78 is 31.7. The molecule has 27 heavy (non-hydrogen) atoms. The minimum atomic E-state index is -3.83. The molecule has 0 bridgehead atoms. The van der Waals surface area contributed by atoms with Crippen molar-refractivity contribution in [3.63, 3.8) is 0 Å². The van der Waals surface area contributed by atoms with E-state index in [0.29, 0.717) is 0 Å². The van der Waals surface area contributed by atoms with Crippen LogP contribution in [0.5, 0.6) is 0 Å². The lowest BCUT2D eigenvalue weighted by Gasteiger charge is -2.32. The van der Waals surface area contributed by atoms with Crippen LogP contribution < -0.4 is 4.72 Å². The van der Waals surface area contributed by atoms with E-state index < -0.39 is 22.1 Å². The number of carbonyl (C=O) groups is 2. The van der Waals surface area contributed by atoms with Crippen molar-refractivity contribution in [2.45, 2.75) is 57.7 Å². The topological polar surface area (TPSA) is 92.8 Å². The molecule has 1 atom stereocenters. The lowest BCUT2D eigenvalue weighted by atomic mass is 10.2. The summed E-state index contributed by atoms with van der Waals surface area (Å²) in [4.78, 5) is 26.4. The van der Waals surface area contributed by atoms with Crippen molar-refractivity contribution in [3.05, 3.63) is 29.8 Å². The van der Waals surface area contributed by atoms with Gasteiger partial charge in [0.1, 0.15) is 0 Å². The number of terminal acetylenes is 1. The molecule has 1 aromatic carbocycles. The first kappa shape index (κ1) is 22.7. The van der Waals surface area contributed by atoms with Gasteiger partial charge in [-0.1, -0.05) is 12.0 Å². The predicted octanol–water partition coefficient (Wildman–Crippen LogP) is 1.79. The Morgan fingerprint density at radius 3 is 2.30 bits per heavy atom. The van der Waals surface area contributed by atoms with E-state index in [4.69, 9.17) is 11.2 Å². The summed E-state index contributed by atoms with van der Waals surface area (Å²) in [7, 11) is -3.83. The third-order valence-corrected chi connectivity index (χ3v) is 5.14. The molecular weight excluding hydrogens is 368 g/mol. The van der Waals surface area contributed by atoms with Crippen LogP contribution in [0.3, 0.4) is 0 Å². The van der Waals surface area contributed by atoms with E-state index in [1.807, 2.05) is 27.7 Å². The molecule has 7 nitrogen and oxygen atoms in total. The standard InChI is InChI=1S/C19H26N2O5S/c1-7-11-20-27(24,25)17-10-8-9-16(12-17)19(23)26-15(6)18(22)21(13(2)3)14(4)5/h1,8-10,12-15,20H,11H2,2-6H3. The Hall–Kier alpha value is -2.37. The molecule has 0 aliphatic rings. The summed E-state index contributed by atoms with van der Waals surface area (Å²) in [5.41, 5.74) is 0.0267. The SMILES string of the molecule is C#CCNS(=O)(=O)c1cccc(C(=O)OC(C)C(=O)N(C(C)C)C(C)C)c1. The van der Waals surface area contributed by atoms with E-state index in [1.54, 1.807) is 4.90 Å². The number of rotatable bonds is 8. The maximum atomic E-state index is 12.6. The molecule has 0 aromatic heterocycles. The summed E-state index contributed by atoms with van der Waals surface area (Å²) in [5.74, 6) is 1.08. The fraction of sp³-hybridized carbons (Fsp3) is 0.474. The summed E-state index contributed by atoms with van der Waals surface area (Å²) in [6.07, 6.45) is 4.06. The number of nitrogens with one attached hydrogen (secondary N) is 1. The molecule has 0 spiro atoms. The fourth-order valence-corrected chi connectivity index (χ4v) is 3.58. The normalized spacial score (nSPS) is 12.5. The largest absolute Gasteiger partial charge is 0.449 e. The Bertz CT molecular complexity index is 817. The van der Waals surface area contributed by atoms with Crippen LogP contribution in [0.25, 0.3) is 0 Å². The highest BCUT2D eigenvalue weighted by Crippen LogP contribution is 2.15. The molecule has 1 amide bonds. The van der Waals surface area contributed by atoms with Crippen LogP contribution in [0.15, 0.2) is 29.2 Å². The van der Waals surface area contributed by atoms with Crippen LogP contribution in [0, 0.1) is 12.3 Å². The summed E-state index contributed by atoms with van der Waals surface area (Å²) in [6, 6.07) is 5.26. The van der Waals surface area contributed by atoms with Gasteiger partial charge in [0.25, 0.3) is 5.91 Å². The number of hydrogen-bond acceptors (Lipinski definition) is 5. The van der Waals surface area contributed by atoms with Crippen molar-refractivity contribution < 1.29 is 22.7 Å². The van der Waals surface area contributed by atoms with Gasteiger partial charge >= 0.3 is 5.97 Å². The van der Waals surface area contributed by atoms with Crippen molar-refractivity contribution >= 4 is 21.9 Å². The maximum absolute atomic E-state index is 12.6. The van der Waals surface area contributed by atoms with Gasteiger partial charge in [-0.15, -0.1) is 6.42 Å². The van der Waals surface area contributed by atoms with E-state index in [1.165, 1.54) is 31.2 Å². The number of ether oxygens (including phenoxy) is 1. The van der Waals surface area contributed by atoms with Gasteiger partial charge in [-0.25, -0.2) is 13.2 Å². The average Bonchev–Trinajstić information content (AvgIpc) is 2.59. The van der Waals surface area contributed by atoms with E-state index in [0.717, 1.165) is 0 Å². The molecular formula is C19H26N2O5S. The van der Waals surface area contributed by atoms with Crippen molar-refractivity contribution in [1.29, 1.82) is 0 Å². The van der Waals surface area contributed by atoms with Crippen molar-refractivity contribution in [3.8, 4) is 12.3 Å². The number of amides is 1. The summed E-state index contributed by atoms with van der Waals surface area (Å²) in [6.45, 7) is 8.84. The third kappa shape index (κ3) is 6.08. The number of hydrogen-bond donors (Lipinski definition) is 1. The van der Waals surface area contributed by atoms with Crippen molar-refractivity contribution in [2.24, 2.45) is 0 Å². The molecule has 0 heterocycles. The first-order valence-electron chi connectivity index (χ1n) is 8.57. The molecule has 1 unspecified atom stereocenters. The molecule has 0 fully saturated rings. The second kappa shape index (κ2) is 9.53. The Balaban J connectivity index is 2.96. The second-order valence-corrected chi connectivity index (χ2v) is 8.30. The zero-order valence-corrected chi connectivity index (χ0v) is 17.0. The van der Waals surface area contributed by atoms with E-state index in [-0.39, 0.29) is 35.0 Å². The number of carbonyl (C=O) groups excluding carboxylic acids is 2. The van der Waals surface area contributed by atoms with Crippen LogP contribution in [-0.4, -0.2) is 49.9 Å². The number of esters is 1. The fourth-order valence-electron chi connectivity index (χ4n) is 2.60. The maximum Gasteiger partial charge on any atom is 0.338 e. The van der Waals surface area contributed by atoms with Gasteiger partial charge in [-0.05, 0) is 52.8 Å². The number of benzene rings is 1. The Morgan fingerprint density at radius 2 is 1.78 bits per heavy atom. The van der Waals surface area contributed by atoms with Crippen LogP contribution >= 0.6 is 0 Å². The first-order chi connectivity index (χ1) is 12.5. The smallest absolute Gasteiger partial charge is 0.338 e. The molecule has 148 valence electrons. The highest BCUT2D eigenvalue weighted by atomic mass is 32.2. The van der Waals surface area contributed by atoms with Crippen LogP contribution in [0.1, 0.15) is 45.0 Å². The Kier molecular flexibility index (Phi) is 8.00. The monoisotopic (exact) mass is 394 g/mol. The molecule has 0 saturated heterocycles. The van der Waals surface area contributed by atoms with E-state index in [9.17, 15) is 18.0 Å². The number of nitrogens with zero attached hydrogens (tertiary/aromatic N) is 1. The van der Waals surface area contributed by atoms with Gasteiger partial charge in [0.15, 0.2) is 6.10 Å². The molecule has 0 saturated carbocycles. The van der Waals surface area contributed by atoms with Gasteiger partial charge in [0.2, 0.25) is 10.0 Å². The Morgan fingerprint density at radius 1 is 1.19 bits per heavy atom. The quantitative estimate of drug-likeness (QED) is 0.536. The zero-order valence-electron chi connectivity index (χ0n) is 16.2. The highest BCUT2D eigenvalue weighted by molar-refractivity contribution is 7.89. The van der Waals surface area contributed by atoms with E-state index in [2.05, 4.69) is 10.6 Å². The van der Waals surface area contributed by atoms with Crippen LogP contribution in [0.2, 0.25) is 0 Å². The molecule has 0 radical (unpaired) electrons. The van der Waals surface area contributed by atoms with Gasteiger partial charge in [-0.3, -0.25) is 4.79 Å². The van der Waals surface area contributed by atoms with Crippen molar-refractivity contribution in [2.75, 3.05) is 6.54 Å². The van der Waals surface area contributed by atoms with Crippen LogP contribution in [0.4, 0.5) is 0 Å². The molecule has 1 rings (SSSR count). The third-order valence-electron chi connectivity index (χ3n) is 3.74. The van der Waals surface area contributed by atoms with Gasteiger partial charge in [0.05, 0.1) is 17.0 Å². The number of sulfonamides is 1. The summed E-state index contributed by atoms with van der Waals surface area (Å²) >= 11 is 0. The average molecular weight is 394 g/mol. The van der Waals surface area contributed by atoms with Gasteiger partial charge < -0.3 is 9.64 Å². The lowest BCUT2D eigenvalue weighted by molar-refractivity contribution is -0.143. The second-order valence-electron chi connectivity index (χ2n) is 6.54. The minimum absolute atomic E-state index is 0.0267.